The molecule has 1 fully saturated rings. The molecule has 1 aliphatic rings. The van der Waals surface area contributed by atoms with Crippen molar-refractivity contribution in [2.75, 3.05) is 50.5 Å². The first-order chi connectivity index (χ1) is 16.6. The van der Waals surface area contributed by atoms with Gasteiger partial charge >= 0.3 is 0 Å². The van der Waals surface area contributed by atoms with Crippen LogP contribution in [0.4, 0.5) is 11.4 Å². The summed E-state index contributed by atoms with van der Waals surface area (Å²) in [7, 11) is 1.63. The van der Waals surface area contributed by atoms with Crippen LogP contribution in [0.1, 0.15) is 52.8 Å². The van der Waals surface area contributed by atoms with E-state index in [1.165, 1.54) is 12.8 Å². The van der Waals surface area contributed by atoms with Gasteiger partial charge in [0.2, 0.25) is 5.91 Å². The van der Waals surface area contributed by atoms with Crippen molar-refractivity contribution in [3.05, 3.63) is 59.7 Å². The third-order valence-corrected chi connectivity index (χ3v) is 5.72. The van der Waals surface area contributed by atoms with Gasteiger partial charge in [-0.2, -0.15) is 0 Å². The van der Waals surface area contributed by atoms with Crippen molar-refractivity contribution in [1.29, 1.82) is 0 Å². The fraction of sp³-hybridized carbons (Fsp3) is 0.423. The van der Waals surface area contributed by atoms with Gasteiger partial charge in [-0.15, -0.1) is 0 Å². The van der Waals surface area contributed by atoms with E-state index in [2.05, 4.69) is 16.0 Å². The predicted octanol–water partition coefficient (Wildman–Crippen LogP) is 3.52. The van der Waals surface area contributed by atoms with Gasteiger partial charge in [0.15, 0.2) is 0 Å². The highest BCUT2D eigenvalue weighted by Crippen LogP contribution is 2.16. The van der Waals surface area contributed by atoms with Crippen LogP contribution in [0.3, 0.4) is 0 Å². The van der Waals surface area contributed by atoms with Crippen LogP contribution in [0.2, 0.25) is 0 Å². The van der Waals surface area contributed by atoms with Gasteiger partial charge in [-0.1, -0.05) is 12.8 Å². The Hall–Kier alpha value is -3.39. The summed E-state index contributed by atoms with van der Waals surface area (Å²) in [5.74, 6) is -0.298. The van der Waals surface area contributed by atoms with Crippen LogP contribution in [-0.4, -0.2) is 62.5 Å². The van der Waals surface area contributed by atoms with E-state index in [9.17, 15) is 14.4 Å². The number of amides is 3. The largest absolute Gasteiger partial charge is 0.385 e. The molecule has 34 heavy (non-hydrogen) atoms. The molecular formula is C26H34N4O4. The zero-order chi connectivity index (χ0) is 24.2. The molecule has 3 rings (SSSR count). The Morgan fingerprint density at radius 3 is 2.12 bits per heavy atom. The molecule has 3 amide bonds. The van der Waals surface area contributed by atoms with E-state index in [0.29, 0.717) is 30.0 Å². The maximum Gasteiger partial charge on any atom is 0.253 e. The van der Waals surface area contributed by atoms with Crippen molar-refractivity contribution in [2.24, 2.45) is 0 Å². The van der Waals surface area contributed by atoms with Crippen LogP contribution in [-0.2, 0) is 9.53 Å². The molecule has 1 aliphatic heterocycles. The lowest BCUT2D eigenvalue weighted by Gasteiger charge is -2.20. The molecular weight excluding hydrogens is 432 g/mol. The molecule has 0 spiro atoms. The van der Waals surface area contributed by atoms with E-state index in [0.717, 1.165) is 38.0 Å². The molecule has 8 nitrogen and oxygen atoms in total. The Morgan fingerprint density at radius 2 is 1.47 bits per heavy atom. The van der Waals surface area contributed by atoms with Crippen molar-refractivity contribution in [1.82, 2.24) is 10.2 Å². The lowest BCUT2D eigenvalue weighted by atomic mass is 10.1. The fourth-order valence-corrected chi connectivity index (χ4v) is 3.80. The van der Waals surface area contributed by atoms with Crippen LogP contribution in [0.5, 0.6) is 0 Å². The molecule has 8 heteroatoms. The number of hydrogen-bond donors (Lipinski definition) is 3. The normalized spacial score (nSPS) is 13.6. The number of nitrogens with zero attached hydrogens (tertiary/aromatic N) is 1. The summed E-state index contributed by atoms with van der Waals surface area (Å²) in [6.07, 6.45) is 5.24. The zero-order valence-corrected chi connectivity index (χ0v) is 19.8. The number of anilines is 2. The van der Waals surface area contributed by atoms with E-state index in [-0.39, 0.29) is 24.3 Å². The summed E-state index contributed by atoms with van der Waals surface area (Å²) >= 11 is 0. The van der Waals surface area contributed by atoms with Gasteiger partial charge in [-0.05, 0) is 67.8 Å². The number of carbonyl (C=O) groups is 3. The molecule has 0 aromatic heterocycles. The summed E-state index contributed by atoms with van der Waals surface area (Å²) in [4.78, 5) is 39.0. The number of ether oxygens (including phenoxy) is 1. The quantitative estimate of drug-likeness (QED) is 0.465. The molecule has 1 heterocycles. The van der Waals surface area contributed by atoms with E-state index in [1.54, 1.807) is 43.5 Å². The average molecular weight is 467 g/mol. The maximum absolute atomic E-state index is 12.7. The van der Waals surface area contributed by atoms with Crippen molar-refractivity contribution < 1.29 is 19.1 Å². The van der Waals surface area contributed by atoms with Gasteiger partial charge in [-0.3, -0.25) is 14.4 Å². The molecule has 3 N–H and O–H groups in total. The van der Waals surface area contributed by atoms with Gasteiger partial charge < -0.3 is 25.6 Å². The Labute approximate surface area is 201 Å². The molecule has 0 unspecified atom stereocenters. The van der Waals surface area contributed by atoms with Crippen LogP contribution in [0.15, 0.2) is 48.5 Å². The molecule has 0 bridgehead atoms. The summed E-state index contributed by atoms with van der Waals surface area (Å²) < 4.78 is 4.96. The highest BCUT2D eigenvalue weighted by atomic mass is 16.5. The zero-order valence-electron chi connectivity index (χ0n) is 19.8. The number of likely N-dealkylation sites (tertiary alicyclic amines) is 1. The molecule has 0 saturated carbocycles. The third-order valence-electron chi connectivity index (χ3n) is 5.72. The molecule has 2 aromatic carbocycles. The number of carbonyl (C=O) groups excluding carboxylic acids is 3. The van der Waals surface area contributed by atoms with Crippen LogP contribution in [0, 0.1) is 0 Å². The van der Waals surface area contributed by atoms with E-state index in [1.807, 2.05) is 17.0 Å². The standard InChI is InChI=1S/C26H34N4O4/c1-34-18-6-15-27-25(32)20-7-13-23(14-8-20)29-24(31)19-28-22-11-9-21(10-12-22)26(33)30-16-4-2-3-5-17-30/h7-14,28H,2-6,15-19H2,1H3,(H,27,32)(H,29,31). The van der Waals surface area contributed by atoms with Gasteiger partial charge in [0.1, 0.15) is 0 Å². The second-order valence-corrected chi connectivity index (χ2v) is 8.37. The van der Waals surface area contributed by atoms with Gasteiger partial charge in [0.25, 0.3) is 11.8 Å². The first kappa shape index (κ1) is 25.2. The first-order valence-corrected chi connectivity index (χ1v) is 11.9. The van der Waals surface area contributed by atoms with E-state index < -0.39 is 0 Å². The minimum absolute atomic E-state index is 0.0679. The van der Waals surface area contributed by atoms with Crippen LogP contribution >= 0.6 is 0 Å². The molecule has 182 valence electrons. The first-order valence-electron chi connectivity index (χ1n) is 11.9. The summed E-state index contributed by atoms with van der Waals surface area (Å²) in [5.41, 5.74) is 2.58. The Balaban J connectivity index is 1.43. The predicted molar refractivity (Wildman–Crippen MR) is 133 cm³/mol. The summed E-state index contributed by atoms with van der Waals surface area (Å²) in [6, 6.07) is 14.0. The van der Waals surface area contributed by atoms with E-state index in [4.69, 9.17) is 4.74 Å². The second-order valence-electron chi connectivity index (χ2n) is 8.37. The Morgan fingerprint density at radius 1 is 0.853 bits per heavy atom. The van der Waals surface area contributed by atoms with Crippen molar-refractivity contribution in [3.8, 4) is 0 Å². The van der Waals surface area contributed by atoms with Gasteiger partial charge in [-0.25, -0.2) is 0 Å². The highest BCUT2D eigenvalue weighted by molar-refractivity contribution is 5.97. The lowest BCUT2D eigenvalue weighted by Crippen LogP contribution is -2.31. The summed E-state index contributed by atoms with van der Waals surface area (Å²) in [5, 5.41) is 8.70. The van der Waals surface area contributed by atoms with Crippen molar-refractivity contribution in [3.63, 3.8) is 0 Å². The average Bonchev–Trinajstić information content (AvgIpc) is 3.15. The van der Waals surface area contributed by atoms with Crippen molar-refractivity contribution >= 4 is 29.1 Å². The molecule has 2 aromatic rings. The molecule has 0 atom stereocenters. The third kappa shape index (κ3) is 7.88. The number of hydrogen-bond acceptors (Lipinski definition) is 5. The topological polar surface area (TPSA) is 99.8 Å². The molecule has 1 saturated heterocycles. The van der Waals surface area contributed by atoms with Gasteiger partial charge in [0, 0.05) is 55.9 Å². The highest BCUT2D eigenvalue weighted by Gasteiger charge is 2.17. The maximum atomic E-state index is 12.7. The van der Waals surface area contributed by atoms with Gasteiger partial charge in [0.05, 0.1) is 6.54 Å². The number of nitrogens with one attached hydrogen (secondary N) is 3. The second kappa shape index (κ2) is 13.3. The minimum Gasteiger partial charge on any atom is -0.385 e. The molecule has 0 radical (unpaired) electrons. The fourth-order valence-electron chi connectivity index (χ4n) is 3.80. The number of rotatable bonds is 10. The monoisotopic (exact) mass is 466 g/mol. The Bertz CT molecular complexity index is 936. The summed E-state index contributed by atoms with van der Waals surface area (Å²) in [6.45, 7) is 2.86. The minimum atomic E-state index is -0.207. The van der Waals surface area contributed by atoms with E-state index >= 15 is 0 Å². The van der Waals surface area contributed by atoms with Crippen LogP contribution < -0.4 is 16.0 Å². The number of benzene rings is 2. The van der Waals surface area contributed by atoms with Crippen molar-refractivity contribution in [2.45, 2.75) is 32.1 Å². The number of methoxy groups -OCH3 is 1. The smallest absolute Gasteiger partial charge is 0.253 e. The SMILES string of the molecule is COCCCNC(=O)c1ccc(NC(=O)CNc2ccc(C(=O)N3CCCCCC3)cc2)cc1. The van der Waals surface area contributed by atoms with Crippen LogP contribution in [0.25, 0.3) is 0 Å². The lowest BCUT2D eigenvalue weighted by molar-refractivity contribution is -0.114. The molecule has 0 aliphatic carbocycles. The Kier molecular flexibility index (Phi) is 9.91.